The normalized spacial score (nSPS) is 10.2. The molecular weight excluding hydrogens is 357 g/mol. The minimum atomic E-state index is -0.661. The summed E-state index contributed by atoms with van der Waals surface area (Å²) in [6.07, 6.45) is 0. The van der Waals surface area contributed by atoms with Crippen LogP contribution in [0.15, 0.2) is 24.3 Å². The standard InChI is InChI=1S/C17H20FN5O4/c1-26-13-5-3-4-10(18)9(13)7-21-17(25)23-14-6-11(19)15(16(20)27-2)12(8-24)22-14/h3-6,20,24H,7-8H2,1-2H3,(H4,19,21,22,23,25). The molecule has 2 rings (SSSR count). The molecule has 1 heterocycles. The van der Waals surface area contributed by atoms with Crippen LogP contribution < -0.4 is 21.1 Å². The topological polar surface area (TPSA) is 143 Å². The SMILES string of the molecule is COC(=N)c1c(N)cc(NC(=O)NCc2c(F)cccc2OC)nc1CO. The van der Waals surface area contributed by atoms with Gasteiger partial charge >= 0.3 is 6.03 Å². The Labute approximate surface area is 154 Å². The minimum Gasteiger partial charge on any atom is -0.496 e. The lowest BCUT2D eigenvalue weighted by Gasteiger charge is -2.14. The maximum Gasteiger partial charge on any atom is 0.320 e. The maximum absolute atomic E-state index is 13.9. The van der Waals surface area contributed by atoms with Gasteiger partial charge in [-0.2, -0.15) is 0 Å². The number of rotatable bonds is 6. The number of carbonyl (C=O) groups is 1. The molecule has 0 saturated heterocycles. The van der Waals surface area contributed by atoms with Crippen molar-refractivity contribution >= 4 is 23.4 Å². The molecule has 6 N–H and O–H groups in total. The molecule has 2 aromatic rings. The van der Waals surface area contributed by atoms with Gasteiger partial charge in [-0.15, -0.1) is 0 Å². The predicted octanol–water partition coefficient (Wildman–Crippen LogP) is 1.60. The number of urea groups is 1. The number of carbonyl (C=O) groups excluding carboxylic acids is 1. The predicted molar refractivity (Wildman–Crippen MR) is 97.2 cm³/mol. The third-order valence-corrected chi connectivity index (χ3v) is 3.67. The largest absolute Gasteiger partial charge is 0.496 e. The van der Waals surface area contributed by atoms with Crippen LogP contribution >= 0.6 is 0 Å². The van der Waals surface area contributed by atoms with Gasteiger partial charge in [0.2, 0.25) is 5.90 Å². The first-order valence-electron chi connectivity index (χ1n) is 7.80. The summed E-state index contributed by atoms with van der Waals surface area (Å²) in [5.41, 5.74) is 6.38. The fourth-order valence-corrected chi connectivity index (χ4v) is 2.39. The molecule has 0 atom stereocenters. The third-order valence-electron chi connectivity index (χ3n) is 3.67. The molecule has 0 spiro atoms. The summed E-state index contributed by atoms with van der Waals surface area (Å²) in [5.74, 6) is -0.404. The van der Waals surface area contributed by atoms with E-state index in [9.17, 15) is 14.3 Å². The highest BCUT2D eigenvalue weighted by molar-refractivity contribution is 5.99. The van der Waals surface area contributed by atoms with Crippen LogP contribution in [-0.2, 0) is 17.9 Å². The molecule has 10 heteroatoms. The van der Waals surface area contributed by atoms with Crippen molar-refractivity contribution in [3.63, 3.8) is 0 Å². The van der Waals surface area contributed by atoms with E-state index in [-0.39, 0.29) is 40.8 Å². The second-order valence-corrected chi connectivity index (χ2v) is 5.34. The van der Waals surface area contributed by atoms with E-state index in [2.05, 4.69) is 15.6 Å². The van der Waals surface area contributed by atoms with Crippen molar-refractivity contribution in [2.45, 2.75) is 13.2 Å². The number of ether oxygens (including phenoxy) is 2. The van der Waals surface area contributed by atoms with Crippen molar-refractivity contribution < 1.29 is 23.8 Å². The van der Waals surface area contributed by atoms with Crippen LogP contribution in [0.3, 0.4) is 0 Å². The lowest BCUT2D eigenvalue weighted by molar-refractivity contribution is 0.251. The van der Waals surface area contributed by atoms with Crippen molar-refractivity contribution in [2.24, 2.45) is 0 Å². The van der Waals surface area contributed by atoms with Gasteiger partial charge in [-0.1, -0.05) is 6.07 Å². The van der Waals surface area contributed by atoms with Gasteiger partial charge in [-0.3, -0.25) is 10.7 Å². The number of aliphatic hydroxyl groups excluding tert-OH is 1. The molecule has 0 radical (unpaired) electrons. The number of pyridine rings is 1. The van der Waals surface area contributed by atoms with Gasteiger partial charge in [0.05, 0.1) is 38.6 Å². The van der Waals surface area contributed by atoms with Gasteiger partial charge in [0.25, 0.3) is 0 Å². The Hall–Kier alpha value is -3.40. The fraction of sp³-hybridized carbons (Fsp3) is 0.235. The van der Waals surface area contributed by atoms with Gasteiger partial charge in [0, 0.05) is 17.3 Å². The number of nitrogens with zero attached hydrogens (tertiary/aromatic N) is 1. The molecule has 0 aliphatic rings. The number of anilines is 2. The highest BCUT2D eigenvalue weighted by atomic mass is 19.1. The first-order valence-corrected chi connectivity index (χ1v) is 7.80. The smallest absolute Gasteiger partial charge is 0.320 e. The van der Waals surface area contributed by atoms with Crippen molar-refractivity contribution in [1.29, 1.82) is 5.41 Å². The summed E-state index contributed by atoms with van der Waals surface area (Å²) < 4.78 is 23.8. The number of halogens is 1. The number of hydrogen-bond donors (Lipinski definition) is 5. The number of nitrogens with one attached hydrogen (secondary N) is 3. The van der Waals surface area contributed by atoms with Crippen LogP contribution in [0.5, 0.6) is 5.75 Å². The quantitative estimate of drug-likeness (QED) is 0.382. The molecule has 144 valence electrons. The average molecular weight is 377 g/mol. The first-order chi connectivity index (χ1) is 12.9. The average Bonchev–Trinajstić information content (AvgIpc) is 2.65. The van der Waals surface area contributed by atoms with Crippen LogP contribution in [0.2, 0.25) is 0 Å². The molecule has 1 aromatic heterocycles. The summed E-state index contributed by atoms with van der Waals surface area (Å²) in [5, 5.41) is 22.1. The van der Waals surface area contributed by atoms with E-state index in [0.29, 0.717) is 5.75 Å². The van der Waals surface area contributed by atoms with Crippen LogP contribution in [-0.4, -0.2) is 36.2 Å². The number of hydrogen-bond acceptors (Lipinski definition) is 7. The molecule has 0 aliphatic carbocycles. The van der Waals surface area contributed by atoms with E-state index in [0.717, 1.165) is 0 Å². The van der Waals surface area contributed by atoms with Crippen molar-refractivity contribution in [1.82, 2.24) is 10.3 Å². The summed E-state index contributed by atoms with van der Waals surface area (Å²) in [6, 6.07) is 5.00. The highest BCUT2D eigenvalue weighted by Gasteiger charge is 2.17. The number of methoxy groups -OCH3 is 2. The van der Waals surface area contributed by atoms with E-state index in [1.165, 1.54) is 32.4 Å². The van der Waals surface area contributed by atoms with E-state index < -0.39 is 18.5 Å². The summed E-state index contributed by atoms with van der Waals surface area (Å²) in [4.78, 5) is 16.1. The summed E-state index contributed by atoms with van der Waals surface area (Å²) in [6.45, 7) is -0.620. The second kappa shape index (κ2) is 8.81. The van der Waals surface area contributed by atoms with Gasteiger partial charge in [0.15, 0.2) is 0 Å². The van der Waals surface area contributed by atoms with Gasteiger partial charge < -0.3 is 25.6 Å². The lowest BCUT2D eigenvalue weighted by atomic mass is 10.1. The number of nitrogens with two attached hydrogens (primary N) is 1. The van der Waals surface area contributed by atoms with Crippen LogP contribution in [0.1, 0.15) is 16.8 Å². The molecule has 0 bridgehead atoms. The number of aromatic nitrogens is 1. The number of amides is 2. The van der Waals surface area contributed by atoms with E-state index in [1.54, 1.807) is 6.07 Å². The van der Waals surface area contributed by atoms with Gasteiger partial charge in [-0.05, 0) is 12.1 Å². The molecule has 27 heavy (non-hydrogen) atoms. The zero-order valence-corrected chi connectivity index (χ0v) is 14.8. The number of nitrogen functional groups attached to an aromatic ring is 1. The molecule has 0 saturated carbocycles. The van der Waals surface area contributed by atoms with E-state index >= 15 is 0 Å². The molecule has 0 aliphatic heterocycles. The van der Waals surface area contributed by atoms with E-state index in [1.807, 2.05) is 0 Å². The molecule has 2 amide bonds. The Bertz CT molecular complexity index is 859. The molecule has 0 fully saturated rings. The van der Waals surface area contributed by atoms with E-state index in [4.69, 9.17) is 20.6 Å². The summed E-state index contributed by atoms with van der Waals surface area (Å²) in [7, 11) is 2.69. The van der Waals surface area contributed by atoms with Crippen molar-refractivity contribution in [3.8, 4) is 5.75 Å². The lowest BCUT2D eigenvalue weighted by Crippen LogP contribution is -2.29. The second-order valence-electron chi connectivity index (χ2n) is 5.34. The zero-order valence-electron chi connectivity index (χ0n) is 14.8. The molecule has 0 unspecified atom stereocenters. The first kappa shape index (κ1) is 19.9. The number of aliphatic hydroxyl groups is 1. The Kier molecular flexibility index (Phi) is 6.50. The van der Waals surface area contributed by atoms with Crippen LogP contribution in [0.25, 0.3) is 0 Å². The summed E-state index contributed by atoms with van der Waals surface area (Å²) >= 11 is 0. The van der Waals surface area contributed by atoms with Crippen LogP contribution in [0.4, 0.5) is 20.7 Å². The zero-order chi connectivity index (χ0) is 20.0. The highest BCUT2D eigenvalue weighted by Crippen LogP contribution is 2.22. The monoisotopic (exact) mass is 377 g/mol. The van der Waals surface area contributed by atoms with Crippen LogP contribution in [0, 0.1) is 11.2 Å². The van der Waals surface area contributed by atoms with Gasteiger partial charge in [0.1, 0.15) is 17.4 Å². The minimum absolute atomic E-state index is 0.0576. The Morgan fingerprint density at radius 2 is 2.15 bits per heavy atom. The Morgan fingerprint density at radius 3 is 2.78 bits per heavy atom. The van der Waals surface area contributed by atoms with Crippen molar-refractivity contribution in [2.75, 3.05) is 25.3 Å². The van der Waals surface area contributed by atoms with Crippen molar-refractivity contribution in [3.05, 3.63) is 46.9 Å². The van der Waals surface area contributed by atoms with Gasteiger partial charge in [-0.25, -0.2) is 14.2 Å². The maximum atomic E-state index is 13.9. The Morgan fingerprint density at radius 1 is 1.41 bits per heavy atom. The molecule has 1 aromatic carbocycles. The molecular formula is C17H20FN5O4. The fourth-order valence-electron chi connectivity index (χ4n) is 2.39. The third kappa shape index (κ3) is 4.61. The number of benzene rings is 1. The Balaban J connectivity index is 2.13. The molecule has 9 nitrogen and oxygen atoms in total.